The summed E-state index contributed by atoms with van der Waals surface area (Å²) in [5.74, 6) is 1.75. The van der Waals surface area contributed by atoms with Gasteiger partial charge in [-0.25, -0.2) is 4.98 Å². The van der Waals surface area contributed by atoms with E-state index in [-0.39, 0.29) is 11.7 Å². The number of hydrogen-bond donors (Lipinski definition) is 3. The molecule has 0 unspecified atom stereocenters. The summed E-state index contributed by atoms with van der Waals surface area (Å²) in [6.45, 7) is 5.50. The SMILES string of the molecule is COc1ccc(OC)c(-c2ccc(O)c(-c3nc4ccc(C(=O)Nc5ccc(CCN6CCN(C)CC6)cc5)cc4[nH]3)c2)c1. The molecule has 1 fully saturated rings. The number of anilines is 1. The van der Waals surface area contributed by atoms with Gasteiger partial charge in [-0.15, -0.1) is 0 Å². The standard InChI is InChI=1S/C35H37N5O4/c1-39-16-18-40(19-17-39)15-14-23-4-8-26(9-5-23)36-35(42)25-6-11-30-31(21-25)38-34(37-30)29-20-24(7-12-32(29)41)28-22-27(43-2)10-13-33(28)44-3/h4-13,20-22,41H,14-19H2,1-3H3,(H,36,42)(H,37,38). The maximum absolute atomic E-state index is 13.1. The highest BCUT2D eigenvalue weighted by atomic mass is 16.5. The van der Waals surface area contributed by atoms with Crippen LogP contribution in [-0.2, 0) is 6.42 Å². The Morgan fingerprint density at radius 1 is 0.909 bits per heavy atom. The van der Waals surface area contributed by atoms with Crippen molar-refractivity contribution in [3.8, 4) is 39.8 Å². The summed E-state index contributed by atoms with van der Waals surface area (Å²) in [5.41, 5.74) is 6.07. The molecule has 1 amide bonds. The lowest BCUT2D eigenvalue weighted by molar-refractivity contribution is 0.102. The Morgan fingerprint density at radius 3 is 2.45 bits per heavy atom. The molecule has 2 heterocycles. The number of carbonyl (C=O) groups is 1. The molecule has 4 aromatic carbocycles. The lowest BCUT2D eigenvalue weighted by Gasteiger charge is -2.32. The second-order valence-electron chi connectivity index (χ2n) is 11.2. The van der Waals surface area contributed by atoms with E-state index in [9.17, 15) is 9.90 Å². The number of fused-ring (bicyclic) bond motifs is 1. The number of likely N-dealkylation sites (N-methyl/N-ethyl adjacent to an activating group) is 1. The van der Waals surface area contributed by atoms with Crippen LogP contribution in [0.25, 0.3) is 33.5 Å². The predicted molar refractivity (Wildman–Crippen MR) is 174 cm³/mol. The minimum Gasteiger partial charge on any atom is -0.507 e. The molecule has 1 saturated heterocycles. The van der Waals surface area contributed by atoms with Crippen molar-refractivity contribution in [3.05, 3.63) is 90.0 Å². The van der Waals surface area contributed by atoms with Crippen molar-refractivity contribution in [2.24, 2.45) is 0 Å². The Kier molecular flexibility index (Phi) is 8.49. The van der Waals surface area contributed by atoms with Gasteiger partial charge in [0.05, 0.1) is 30.8 Å². The number of phenolic OH excluding ortho intramolecular Hbond substituents is 1. The van der Waals surface area contributed by atoms with Gasteiger partial charge in [-0.05, 0) is 85.3 Å². The first-order valence-corrected chi connectivity index (χ1v) is 14.8. The summed E-state index contributed by atoms with van der Waals surface area (Å²) in [6, 6.07) is 24.3. The van der Waals surface area contributed by atoms with Gasteiger partial charge < -0.3 is 34.7 Å². The van der Waals surface area contributed by atoms with Crippen molar-refractivity contribution in [2.45, 2.75) is 6.42 Å². The van der Waals surface area contributed by atoms with Crippen LogP contribution in [-0.4, -0.2) is 84.8 Å². The lowest BCUT2D eigenvalue weighted by atomic mass is 10.0. The van der Waals surface area contributed by atoms with Crippen LogP contribution < -0.4 is 14.8 Å². The summed E-state index contributed by atoms with van der Waals surface area (Å²) in [5, 5.41) is 13.7. The van der Waals surface area contributed by atoms with Crippen molar-refractivity contribution in [2.75, 3.05) is 59.3 Å². The number of ether oxygens (including phenoxy) is 2. The number of imidazole rings is 1. The molecule has 6 rings (SSSR count). The first-order valence-electron chi connectivity index (χ1n) is 14.8. The van der Waals surface area contributed by atoms with Crippen molar-refractivity contribution < 1.29 is 19.4 Å². The number of rotatable bonds is 9. The molecule has 226 valence electrons. The molecule has 44 heavy (non-hydrogen) atoms. The number of carbonyl (C=O) groups excluding carboxylic acids is 1. The molecule has 0 atom stereocenters. The zero-order valence-corrected chi connectivity index (χ0v) is 25.3. The lowest BCUT2D eigenvalue weighted by Crippen LogP contribution is -2.45. The number of benzene rings is 4. The van der Waals surface area contributed by atoms with Gasteiger partial charge in [0.1, 0.15) is 23.1 Å². The Morgan fingerprint density at radius 2 is 1.70 bits per heavy atom. The quantitative estimate of drug-likeness (QED) is 0.203. The first-order chi connectivity index (χ1) is 21.4. The number of H-pyrrole nitrogens is 1. The fraction of sp³-hybridized carbons (Fsp3) is 0.257. The normalized spacial score (nSPS) is 14.1. The molecular formula is C35H37N5O4. The summed E-state index contributed by atoms with van der Waals surface area (Å²) in [7, 11) is 5.40. The van der Waals surface area contributed by atoms with E-state index in [0.29, 0.717) is 39.5 Å². The van der Waals surface area contributed by atoms with E-state index in [2.05, 4.69) is 39.3 Å². The third kappa shape index (κ3) is 6.39. The number of nitrogens with zero attached hydrogens (tertiary/aromatic N) is 3. The highest BCUT2D eigenvalue weighted by Gasteiger charge is 2.16. The maximum atomic E-state index is 13.1. The Hall–Kier alpha value is -4.86. The number of methoxy groups -OCH3 is 2. The van der Waals surface area contributed by atoms with Crippen LogP contribution in [0.1, 0.15) is 15.9 Å². The average molecular weight is 592 g/mol. The maximum Gasteiger partial charge on any atom is 0.255 e. The summed E-state index contributed by atoms with van der Waals surface area (Å²) in [4.78, 5) is 26.0. The highest BCUT2D eigenvalue weighted by molar-refractivity contribution is 6.06. The van der Waals surface area contributed by atoms with Crippen molar-refractivity contribution in [1.82, 2.24) is 19.8 Å². The number of hydrogen-bond acceptors (Lipinski definition) is 7. The van der Waals surface area contributed by atoms with Crippen LogP contribution in [0, 0.1) is 0 Å². The molecule has 0 bridgehead atoms. The number of aromatic amines is 1. The van der Waals surface area contributed by atoms with Gasteiger partial charge >= 0.3 is 0 Å². The topological polar surface area (TPSA) is 103 Å². The fourth-order valence-electron chi connectivity index (χ4n) is 5.53. The van der Waals surface area contributed by atoms with Gasteiger partial charge in [-0.1, -0.05) is 18.2 Å². The average Bonchev–Trinajstić information content (AvgIpc) is 3.48. The molecule has 0 aliphatic carbocycles. The van der Waals surface area contributed by atoms with Gasteiger partial charge in [0.25, 0.3) is 5.91 Å². The number of aromatic hydroxyl groups is 1. The first kappa shape index (κ1) is 29.2. The molecular weight excluding hydrogens is 554 g/mol. The Balaban J connectivity index is 1.16. The number of phenols is 1. The minimum absolute atomic E-state index is 0.0830. The minimum atomic E-state index is -0.205. The predicted octanol–water partition coefficient (Wildman–Crippen LogP) is 5.66. The monoisotopic (exact) mass is 591 g/mol. The van der Waals surface area contributed by atoms with Crippen LogP contribution in [0.4, 0.5) is 5.69 Å². The van der Waals surface area contributed by atoms with Crippen LogP contribution in [0.15, 0.2) is 78.9 Å². The second-order valence-corrected chi connectivity index (χ2v) is 11.2. The zero-order chi connectivity index (χ0) is 30.6. The summed E-state index contributed by atoms with van der Waals surface area (Å²) in [6.07, 6.45) is 0.988. The van der Waals surface area contributed by atoms with E-state index in [1.165, 1.54) is 5.56 Å². The Labute approximate surface area is 257 Å². The van der Waals surface area contributed by atoms with Crippen LogP contribution in [0.3, 0.4) is 0 Å². The number of nitrogens with one attached hydrogen (secondary N) is 2. The number of aromatic nitrogens is 2. The van der Waals surface area contributed by atoms with E-state index in [1.807, 2.05) is 42.5 Å². The van der Waals surface area contributed by atoms with Crippen molar-refractivity contribution in [3.63, 3.8) is 0 Å². The van der Waals surface area contributed by atoms with E-state index < -0.39 is 0 Å². The highest BCUT2D eigenvalue weighted by Crippen LogP contribution is 2.38. The summed E-state index contributed by atoms with van der Waals surface area (Å²) < 4.78 is 11.0. The van der Waals surface area contributed by atoms with Gasteiger partial charge in [-0.2, -0.15) is 0 Å². The van der Waals surface area contributed by atoms with E-state index in [0.717, 1.165) is 56.0 Å². The smallest absolute Gasteiger partial charge is 0.255 e. The van der Waals surface area contributed by atoms with Crippen LogP contribution in [0.2, 0.25) is 0 Å². The third-order valence-corrected chi connectivity index (χ3v) is 8.24. The van der Waals surface area contributed by atoms with Gasteiger partial charge in [0.15, 0.2) is 0 Å². The molecule has 9 heteroatoms. The van der Waals surface area contributed by atoms with Crippen molar-refractivity contribution >= 4 is 22.6 Å². The van der Waals surface area contributed by atoms with Crippen molar-refractivity contribution in [1.29, 1.82) is 0 Å². The molecule has 1 aliphatic heterocycles. The molecule has 0 radical (unpaired) electrons. The van der Waals surface area contributed by atoms with Crippen LogP contribution in [0.5, 0.6) is 17.2 Å². The fourth-order valence-corrected chi connectivity index (χ4v) is 5.53. The summed E-state index contributed by atoms with van der Waals surface area (Å²) >= 11 is 0. The molecule has 0 saturated carbocycles. The number of amides is 1. The molecule has 9 nitrogen and oxygen atoms in total. The molecule has 3 N–H and O–H groups in total. The zero-order valence-electron chi connectivity index (χ0n) is 25.3. The van der Waals surface area contributed by atoms with Gasteiger partial charge in [0.2, 0.25) is 0 Å². The van der Waals surface area contributed by atoms with Gasteiger partial charge in [0, 0.05) is 49.5 Å². The molecule has 5 aromatic rings. The largest absolute Gasteiger partial charge is 0.507 e. The Bertz CT molecular complexity index is 1770. The van der Waals surface area contributed by atoms with E-state index in [4.69, 9.17) is 14.5 Å². The second kappa shape index (κ2) is 12.8. The molecule has 1 aromatic heterocycles. The third-order valence-electron chi connectivity index (χ3n) is 8.24. The molecule has 0 spiro atoms. The van der Waals surface area contributed by atoms with E-state index in [1.54, 1.807) is 38.5 Å². The van der Waals surface area contributed by atoms with Crippen LogP contribution >= 0.6 is 0 Å². The molecule has 1 aliphatic rings. The van der Waals surface area contributed by atoms with Gasteiger partial charge in [-0.3, -0.25) is 4.79 Å². The van der Waals surface area contributed by atoms with E-state index >= 15 is 0 Å². The number of piperazine rings is 1.